The van der Waals surface area contributed by atoms with E-state index in [1.165, 1.54) is 10.6 Å². The maximum atomic E-state index is 14.0. The third kappa shape index (κ3) is 5.57. The summed E-state index contributed by atoms with van der Waals surface area (Å²) in [6.07, 6.45) is 0.307. The molecule has 10 nitrogen and oxygen atoms in total. The molecule has 2 N–H and O–H groups in total. The summed E-state index contributed by atoms with van der Waals surface area (Å²) in [6.45, 7) is 5.71. The monoisotopic (exact) mass is 594 g/mol. The molecule has 4 aromatic rings. The van der Waals surface area contributed by atoms with Gasteiger partial charge in [0.1, 0.15) is 0 Å². The Bertz CT molecular complexity index is 1700. The zero-order chi connectivity index (χ0) is 29.4. The Morgan fingerprint density at radius 2 is 1.78 bits per heavy atom. The number of hydrogen-bond donors (Lipinski definition) is 2. The maximum absolute atomic E-state index is 14.0. The first-order valence-corrected chi connectivity index (χ1v) is 13.8. The van der Waals surface area contributed by atoms with E-state index in [9.17, 15) is 14.4 Å². The summed E-state index contributed by atoms with van der Waals surface area (Å²) >= 11 is 12.2. The number of fused-ring (bicyclic) bond motifs is 1. The number of nitrogens with zero attached hydrogens (tertiary/aromatic N) is 4. The van der Waals surface area contributed by atoms with E-state index in [2.05, 4.69) is 15.8 Å². The van der Waals surface area contributed by atoms with Crippen LogP contribution in [-0.4, -0.2) is 44.5 Å². The summed E-state index contributed by atoms with van der Waals surface area (Å²) in [4.78, 5) is 46.1. The van der Waals surface area contributed by atoms with Crippen molar-refractivity contribution in [3.8, 4) is 5.69 Å². The highest BCUT2D eigenvalue weighted by atomic mass is 35.5. The van der Waals surface area contributed by atoms with Gasteiger partial charge in [0.25, 0.3) is 17.4 Å². The first-order chi connectivity index (χ1) is 19.6. The molecular weight excluding hydrogens is 567 g/mol. The predicted octanol–water partition coefficient (Wildman–Crippen LogP) is 4.96. The molecule has 0 saturated heterocycles. The standard InChI is InChI=1S/C29H28Cl2N6O4/c1-15-11-25(41-35-15)17(3)33-29-34-24-14-36(27(39)19-7-10-22(30)23(31)13-19)16(2)12-21(24)28(40)37(29)20-8-5-18(6-9-20)26(38)32-4/h5-11,13,16-17H,12,14H2,1-4H3,(H,32,38)(H,33,34)/t16-,17?/m1/s1. The second-order valence-corrected chi connectivity index (χ2v) is 10.8. The minimum Gasteiger partial charge on any atom is -0.359 e. The molecule has 0 saturated carbocycles. The van der Waals surface area contributed by atoms with Crippen LogP contribution in [0.2, 0.25) is 10.0 Å². The van der Waals surface area contributed by atoms with Gasteiger partial charge >= 0.3 is 0 Å². The van der Waals surface area contributed by atoms with Crippen LogP contribution in [0.5, 0.6) is 0 Å². The minimum atomic E-state index is -0.381. The van der Waals surface area contributed by atoms with Gasteiger partial charge in [-0.25, -0.2) is 9.55 Å². The summed E-state index contributed by atoms with van der Waals surface area (Å²) in [6, 6.07) is 12.6. The highest BCUT2D eigenvalue weighted by molar-refractivity contribution is 6.42. The fourth-order valence-electron chi connectivity index (χ4n) is 4.82. The predicted molar refractivity (Wildman–Crippen MR) is 156 cm³/mol. The third-order valence-electron chi connectivity index (χ3n) is 7.07. The summed E-state index contributed by atoms with van der Waals surface area (Å²) in [7, 11) is 1.56. The number of benzene rings is 2. The van der Waals surface area contributed by atoms with Crippen molar-refractivity contribution in [2.75, 3.05) is 12.4 Å². The molecule has 2 atom stereocenters. The van der Waals surface area contributed by atoms with E-state index in [1.807, 2.05) is 20.8 Å². The number of carbonyl (C=O) groups is 2. The SMILES string of the molecule is CNC(=O)c1ccc(-n2c(NC(C)c3cc(C)no3)nc3c(c2=O)C[C@@H](C)N(C(=O)c2ccc(Cl)c(Cl)c2)C3)cc1. The first-order valence-electron chi connectivity index (χ1n) is 13.0. The lowest BCUT2D eigenvalue weighted by molar-refractivity contribution is 0.0653. The molecule has 41 heavy (non-hydrogen) atoms. The largest absolute Gasteiger partial charge is 0.359 e. The van der Waals surface area contributed by atoms with E-state index in [-0.39, 0.29) is 47.0 Å². The normalized spacial score (nSPS) is 15.3. The van der Waals surface area contributed by atoms with Gasteiger partial charge in [-0.3, -0.25) is 14.4 Å². The first kappa shape index (κ1) is 28.4. The quantitative estimate of drug-likeness (QED) is 0.323. The van der Waals surface area contributed by atoms with E-state index in [0.717, 1.165) is 5.69 Å². The van der Waals surface area contributed by atoms with Crippen LogP contribution < -0.4 is 16.2 Å². The van der Waals surface area contributed by atoms with E-state index >= 15 is 0 Å². The number of rotatable bonds is 6. The van der Waals surface area contributed by atoms with E-state index in [1.54, 1.807) is 54.4 Å². The van der Waals surface area contributed by atoms with Crippen LogP contribution in [0.25, 0.3) is 5.69 Å². The highest BCUT2D eigenvalue weighted by Gasteiger charge is 2.32. The smallest absolute Gasteiger partial charge is 0.263 e. The van der Waals surface area contributed by atoms with Crippen LogP contribution in [0.15, 0.2) is 57.8 Å². The van der Waals surface area contributed by atoms with E-state index < -0.39 is 0 Å². The Labute approximate surface area is 246 Å². The van der Waals surface area contributed by atoms with Gasteiger partial charge in [0.2, 0.25) is 5.95 Å². The Morgan fingerprint density at radius 3 is 2.41 bits per heavy atom. The van der Waals surface area contributed by atoms with Crippen molar-refractivity contribution in [2.45, 2.75) is 45.8 Å². The van der Waals surface area contributed by atoms with Crippen molar-refractivity contribution in [3.05, 3.63) is 103 Å². The van der Waals surface area contributed by atoms with E-state index in [4.69, 9.17) is 32.7 Å². The van der Waals surface area contributed by atoms with Gasteiger partial charge in [0, 0.05) is 35.8 Å². The topological polar surface area (TPSA) is 122 Å². The molecule has 1 aliphatic rings. The van der Waals surface area contributed by atoms with Gasteiger partial charge in [-0.2, -0.15) is 0 Å². The molecule has 1 unspecified atom stereocenters. The van der Waals surface area contributed by atoms with Crippen molar-refractivity contribution >= 4 is 41.0 Å². The molecule has 2 aromatic heterocycles. The molecule has 0 spiro atoms. The second kappa shape index (κ2) is 11.4. The fourth-order valence-corrected chi connectivity index (χ4v) is 5.12. The lowest BCUT2D eigenvalue weighted by Crippen LogP contribution is -2.46. The van der Waals surface area contributed by atoms with Gasteiger partial charge in [-0.15, -0.1) is 0 Å². The van der Waals surface area contributed by atoms with Crippen molar-refractivity contribution in [2.24, 2.45) is 0 Å². The Morgan fingerprint density at radius 1 is 1.07 bits per heavy atom. The molecule has 0 fully saturated rings. The number of amides is 2. The number of halogens is 2. The zero-order valence-corrected chi connectivity index (χ0v) is 24.4. The molecule has 0 bridgehead atoms. The molecule has 2 amide bonds. The van der Waals surface area contributed by atoms with Crippen LogP contribution in [0.1, 0.15) is 63.3 Å². The summed E-state index contributed by atoms with van der Waals surface area (Å²) < 4.78 is 6.91. The molecule has 3 heterocycles. The second-order valence-electron chi connectivity index (χ2n) is 9.98. The van der Waals surface area contributed by atoms with Crippen LogP contribution in [-0.2, 0) is 13.0 Å². The average Bonchev–Trinajstić information content (AvgIpc) is 3.40. The van der Waals surface area contributed by atoms with Crippen molar-refractivity contribution in [1.82, 2.24) is 24.9 Å². The van der Waals surface area contributed by atoms with Crippen molar-refractivity contribution < 1.29 is 14.1 Å². The van der Waals surface area contributed by atoms with Crippen LogP contribution >= 0.6 is 23.2 Å². The summed E-state index contributed by atoms with van der Waals surface area (Å²) in [5.74, 6) is 0.360. The summed E-state index contributed by atoms with van der Waals surface area (Å²) in [5, 5.41) is 10.5. The average molecular weight is 595 g/mol. The van der Waals surface area contributed by atoms with Crippen molar-refractivity contribution in [1.29, 1.82) is 0 Å². The fraction of sp³-hybridized carbons (Fsp3) is 0.276. The van der Waals surface area contributed by atoms with Crippen LogP contribution in [0.4, 0.5) is 5.95 Å². The highest BCUT2D eigenvalue weighted by Crippen LogP contribution is 2.28. The Hall–Kier alpha value is -4.15. The Kier molecular flexibility index (Phi) is 7.88. The number of nitrogens with one attached hydrogen (secondary N) is 2. The zero-order valence-electron chi connectivity index (χ0n) is 22.9. The van der Waals surface area contributed by atoms with Gasteiger partial charge in [-0.1, -0.05) is 28.4 Å². The molecule has 212 valence electrons. The van der Waals surface area contributed by atoms with Gasteiger partial charge < -0.3 is 20.1 Å². The molecule has 0 radical (unpaired) electrons. The molecule has 0 aliphatic carbocycles. The lowest BCUT2D eigenvalue weighted by Gasteiger charge is -2.35. The number of carbonyl (C=O) groups excluding carboxylic acids is 2. The van der Waals surface area contributed by atoms with E-state index in [0.29, 0.717) is 45.3 Å². The van der Waals surface area contributed by atoms with Gasteiger partial charge in [0.05, 0.1) is 39.7 Å². The van der Waals surface area contributed by atoms with Crippen LogP contribution in [0.3, 0.4) is 0 Å². The third-order valence-corrected chi connectivity index (χ3v) is 7.81. The van der Waals surface area contributed by atoms with Gasteiger partial charge in [-0.05, 0) is 69.7 Å². The lowest BCUT2D eigenvalue weighted by atomic mass is 9.98. The molecular formula is C29H28Cl2N6O4. The number of aryl methyl sites for hydroxylation is 1. The number of anilines is 1. The molecule has 2 aromatic carbocycles. The van der Waals surface area contributed by atoms with Gasteiger partial charge in [0.15, 0.2) is 5.76 Å². The number of aromatic nitrogens is 3. The molecule has 5 rings (SSSR count). The number of hydrogen-bond acceptors (Lipinski definition) is 7. The summed E-state index contributed by atoms with van der Waals surface area (Å²) in [5.41, 5.74) is 2.85. The molecule has 12 heteroatoms. The van der Waals surface area contributed by atoms with Crippen LogP contribution in [0, 0.1) is 6.92 Å². The van der Waals surface area contributed by atoms with Crippen molar-refractivity contribution in [3.63, 3.8) is 0 Å². The molecule has 1 aliphatic heterocycles. The maximum Gasteiger partial charge on any atom is 0.263 e. The minimum absolute atomic E-state index is 0.131. The Balaban J connectivity index is 1.57.